The molecule has 1 saturated carbocycles. The molecule has 130 valence electrons. The van der Waals surface area contributed by atoms with Crippen LogP contribution < -0.4 is 21.7 Å². The molecule has 6 nitrogen and oxygen atoms in total. The number of nitrogens with two attached hydrogens (primary N) is 1. The molecule has 0 bridgehead atoms. The maximum Gasteiger partial charge on any atom is 0.315 e. The Kier molecular flexibility index (Phi) is 5.69. The Bertz CT molecular complexity index is 448. The topological polar surface area (TPSA) is 96.2 Å². The van der Waals surface area contributed by atoms with Gasteiger partial charge in [0.05, 0.1) is 12.1 Å². The van der Waals surface area contributed by atoms with Gasteiger partial charge in [0, 0.05) is 23.5 Å². The lowest BCUT2D eigenvalue weighted by Crippen LogP contribution is -2.39. The fourth-order valence-electron chi connectivity index (χ4n) is 4.06. The van der Waals surface area contributed by atoms with E-state index in [1.807, 2.05) is 11.8 Å². The third-order valence-electron chi connectivity index (χ3n) is 5.39. The van der Waals surface area contributed by atoms with Crippen molar-refractivity contribution in [1.82, 2.24) is 16.0 Å². The first-order chi connectivity index (χ1) is 11.2. The summed E-state index contributed by atoms with van der Waals surface area (Å²) in [6, 6.07) is 0.815. The van der Waals surface area contributed by atoms with E-state index >= 15 is 0 Å². The van der Waals surface area contributed by atoms with E-state index in [9.17, 15) is 9.59 Å². The predicted octanol–water partition coefficient (Wildman–Crippen LogP) is 0.956. The molecular formula is C16H28N4O2S. The number of unbranched alkanes of at least 4 members (excludes halogenated alkanes) is 1. The van der Waals surface area contributed by atoms with Crippen molar-refractivity contribution in [3.63, 3.8) is 0 Å². The maximum absolute atomic E-state index is 12.1. The van der Waals surface area contributed by atoms with Gasteiger partial charge in [-0.1, -0.05) is 12.8 Å². The molecular weight excluding hydrogens is 312 g/mol. The molecule has 1 aliphatic carbocycles. The van der Waals surface area contributed by atoms with E-state index in [0.717, 1.165) is 37.9 Å². The predicted molar refractivity (Wildman–Crippen MR) is 92.3 cm³/mol. The van der Waals surface area contributed by atoms with Crippen LogP contribution in [0.1, 0.15) is 44.9 Å². The van der Waals surface area contributed by atoms with Crippen molar-refractivity contribution >= 4 is 23.7 Å². The first kappa shape index (κ1) is 16.9. The first-order valence-corrected chi connectivity index (χ1v) is 9.90. The van der Waals surface area contributed by atoms with Crippen molar-refractivity contribution in [2.24, 2.45) is 11.7 Å². The smallest absolute Gasteiger partial charge is 0.315 e. The number of urea groups is 1. The van der Waals surface area contributed by atoms with Crippen LogP contribution >= 0.6 is 11.8 Å². The van der Waals surface area contributed by atoms with Gasteiger partial charge in [-0.05, 0) is 38.1 Å². The molecule has 5 N–H and O–H groups in total. The van der Waals surface area contributed by atoms with Crippen LogP contribution in [0.4, 0.5) is 4.79 Å². The van der Waals surface area contributed by atoms with Gasteiger partial charge in [-0.2, -0.15) is 11.8 Å². The summed E-state index contributed by atoms with van der Waals surface area (Å²) < 4.78 is 0. The van der Waals surface area contributed by atoms with Crippen molar-refractivity contribution in [1.29, 1.82) is 0 Å². The lowest BCUT2D eigenvalue weighted by molar-refractivity contribution is -0.122. The van der Waals surface area contributed by atoms with Gasteiger partial charge in [0.15, 0.2) is 0 Å². The van der Waals surface area contributed by atoms with Gasteiger partial charge in [-0.25, -0.2) is 4.79 Å². The van der Waals surface area contributed by atoms with Crippen LogP contribution in [-0.4, -0.2) is 47.6 Å². The molecule has 3 amide bonds. The molecule has 2 unspecified atom stereocenters. The Morgan fingerprint density at radius 3 is 3.00 bits per heavy atom. The standard InChI is InChI=1S/C16H28N4O2S/c17-8-10-4-3-5-11(10)18-14(21)7-2-1-6-13-15-12(9-23-13)19-16(22)20-15/h10-13,15H,1-9,17H2,(H,18,21)(H2,19,20,22)/t10?,11?,12-,13-,15-/m0/s1. The van der Waals surface area contributed by atoms with E-state index in [1.54, 1.807) is 0 Å². The zero-order valence-electron chi connectivity index (χ0n) is 13.6. The number of hydrogen-bond donors (Lipinski definition) is 4. The van der Waals surface area contributed by atoms with Crippen molar-refractivity contribution < 1.29 is 9.59 Å². The molecule has 0 spiro atoms. The number of nitrogens with one attached hydrogen (secondary N) is 3. The van der Waals surface area contributed by atoms with Crippen molar-refractivity contribution in [3.8, 4) is 0 Å². The Balaban J connectivity index is 1.31. The Morgan fingerprint density at radius 2 is 2.17 bits per heavy atom. The van der Waals surface area contributed by atoms with E-state index in [-0.39, 0.29) is 24.0 Å². The van der Waals surface area contributed by atoms with Crippen LogP contribution in [0.3, 0.4) is 0 Å². The molecule has 0 aromatic heterocycles. The fourth-order valence-corrected chi connectivity index (χ4v) is 5.61. The second-order valence-corrected chi connectivity index (χ2v) is 8.24. The fraction of sp³-hybridized carbons (Fsp3) is 0.875. The summed E-state index contributed by atoms with van der Waals surface area (Å²) in [6.07, 6.45) is 7.01. The molecule has 0 radical (unpaired) electrons. The summed E-state index contributed by atoms with van der Waals surface area (Å²) in [4.78, 5) is 23.4. The zero-order chi connectivity index (χ0) is 16.2. The molecule has 2 saturated heterocycles. The zero-order valence-corrected chi connectivity index (χ0v) is 14.4. The van der Waals surface area contributed by atoms with E-state index in [0.29, 0.717) is 30.2 Å². The van der Waals surface area contributed by atoms with Crippen molar-refractivity contribution in [2.45, 2.75) is 68.3 Å². The quantitative estimate of drug-likeness (QED) is 0.410. The number of carbonyl (C=O) groups excluding carboxylic acids is 2. The highest BCUT2D eigenvalue weighted by Crippen LogP contribution is 2.33. The van der Waals surface area contributed by atoms with Gasteiger partial charge < -0.3 is 21.7 Å². The Hall–Kier alpha value is -0.950. The first-order valence-electron chi connectivity index (χ1n) is 8.85. The molecule has 5 atom stereocenters. The summed E-state index contributed by atoms with van der Waals surface area (Å²) in [5.74, 6) is 1.63. The van der Waals surface area contributed by atoms with Gasteiger partial charge in [-0.3, -0.25) is 4.79 Å². The minimum absolute atomic E-state index is 0.0318. The largest absolute Gasteiger partial charge is 0.353 e. The summed E-state index contributed by atoms with van der Waals surface area (Å²) >= 11 is 1.93. The molecule has 2 heterocycles. The van der Waals surface area contributed by atoms with Crippen molar-refractivity contribution in [3.05, 3.63) is 0 Å². The number of amides is 3. The summed E-state index contributed by atoms with van der Waals surface area (Å²) in [5.41, 5.74) is 5.76. The average Bonchev–Trinajstić information content (AvgIpc) is 3.20. The van der Waals surface area contributed by atoms with Crippen LogP contribution in [0.15, 0.2) is 0 Å². The highest BCUT2D eigenvalue weighted by atomic mass is 32.2. The average molecular weight is 340 g/mol. The third-order valence-corrected chi connectivity index (χ3v) is 6.90. The minimum Gasteiger partial charge on any atom is -0.353 e. The maximum atomic E-state index is 12.1. The van der Waals surface area contributed by atoms with Gasteiger partial charge >= 0.3 is 6.03 Å². The van der Waals surface area contributed by atoms with Gasteiger partial charge in [0.2, 0.25) is 5.91 Å². The summed E-state index contributed by atoms with van der Waals surface area (Å²) in [5, 5.41) is 9.62. The minimum atomic E-state index is -0.0318. The van der Waals surface area contributed by atoms with Crippen LogP contribution in [0, 0.1) is 5.92 Å². The highest BCUT2D eigenvalue weighted by Gasteiger charge is 2.42. The molecule has 3 aliphatic rings. The van der Waals surface area contributed by atoms with E-state index in [2.05, 4.69) is 16.0 Å². The molecule has 7 heteroatoms. The Labute approximate surface area is 142 Å². The SMILES string of the molecule is NCC1CCCC1NC(=O)CCCC[C@@H]1SC[C@@H]2NC(=O)N[C@@H]21. The lowest BCUT2D eigenvalue weighted by Gasteiger charge is -2.19. The van der Waals surface area contributed by atoms with Gasteiger partial charge in [0.25, 0.3) is 0 Å². The molecule has 0 aromatic rings. The highest BCUT2D eigenvalue weighted by molar-refractivity contribution is 8.00. The molecule has 3 rings (SSSR count). The number of rotatable bonds is 7. The number of carbonyl (C=O) groups is 2. The van der Waals surface area contributed by atoms with Gasteiger partial charge in [0.1, 0.15) is 0 Å². The van der Waals surface area contributed by atoms with E-state index < -0.39 is 0 Å². The summed E-state index contributed by atoms with van der Waals surface area (Å²) in [7, 11) is 0. The molecule has 2 aliphatic heterocycles. The molecule has 0 aromatic carbocycles. The number of hydrogen-bond acceptors (Lipinski definition) is 4. The second-order valence-electron chi connectivity index (χ2n) is 6.97. The summed E-state index contributed by atoms with van der Waals surface area (Å²) in [6.45, 7) is 0.673. The normalized spacial score (nSPS) is 35.7. The van der Waals surface area contributed by atoms with Crippen LogP contribution in [0.2, 0.25) is 0 Å². The van der Waals surface area contributed by atoms with E-state index in [4.69, 9.17) is 5.73 Å². The lowest BCUT2D eigenvalue weighted by atomic mass is 10.0. The van der Waals surface area contributed by atoms with E-state index in [1.165, 1.54) is 6.42 Å². The number of fused-ring (bicyclic) bond motifs is 1. The van der Waals surface area contributed by atoms with Gasteiger partial charge in [-0.15, -0.1) is 0 Å². The van der Waals surface area contributed by atoms with Crippen LogP contribution in [0.25, 0.3) is 0 Å². The van der Waals surface area contributed by atoms with Crippen LogP contribution in [-0.2, 0) is 4.79 Å². The van der Waals surface area contributed by atoms with Crippen molar-refractivity contribution in [2.75, 3.05) is 12.3 Å². The number of thioether (sulfide) groups is 1. The third kappa shape index (κ3) is 4.12. The monoisotopic (exact) mass is 340 g/mol. The second kappa shape index (κ2) is 7.75. The van der Waals surface area contributed by atoms with Crippen LogP contribution in [0.5, 0.6) is 0 Å². The Morgan fingerprint density at radius 1 is 1.30 bits per heavy atom. The molecule has 23 heavy (non-hydrogen) atoms. The molecule has 3 fully saturated rings.